The normalized spacial score (nSPS) is 11.3. The van der Waals surface area contributed by atoms with Crippen molar-refractivity contribution in [2.24, 2.45) is 10.2 Å². The lowest BCUT2D eigenvalue weighted by Gasteiger charge is -2.03. The third-order valence-corrected chi connectivity index (χ3v) is 3.67. The number of aromatic hydroxyl groups is 1. The zero-order valence-electron chi connectivity index (χ0n) is 13.5. The van der Waals surface area contributed by atoms with Crippen LogP contribution in [0.2, 0.25) is 0 Å². The summed E-state index contributed by atoms with van der Waals surface area (Å²) in [6.45, 7) is 1.76. The Morgan fingerprint density at radius 3 is 2.72 bits per heavy atom. The fraction of sp³-hybridized carbons (Fsp3) is 0.167. The van der Waals surface area contributed by atoms with Crippen molar-refractivity contribution >= 4 is 22.5 Å². The minimum Gasteiger partial charge on any atom is -0.493 e. The molecule has 1 heterocycles. The lowest BCUT2D eigenvalue weighted by atomic mass is 10.2. The summed E-state index contributed by atoms with van der Waals surface area (Å²) in [5.41, 5.74) is 1.67. The van der Waals surface area contributed by atoms with Gasteiger partial charge >= 0.3 is 5.91 Å². The summed E-state index contributed by atoms with van der Waals surface area (Å²) >= 11 is 0. The van der Waals surface area contributed by atoms with E-state index in [2.05, 4.69) is 15.2 Å². The van der Waals surface area contributed by atoms with E-state index in [1.54, 1.807) is 12.1 Å². The Kier molecular flexibility index (Phi) is 4.74. The number of aryl methyl sites for hydroxylation is 1. The number of benzene rings is 2. The van der Waals surface area contributed by atoms with Gasteiger partial charge in [0.1, 0.15) is 11.6 Å². The van der Waals surface area contributed by atoms with Crippen LogP contribution in [0.25, 0.3) is 10.9 Å². The molecule has 1 amide bonds. The van der Waals surface area contributed by atoms with Gasteiger partial charge in [-0.05, 0) is 42.3 Å². The molecule has 2 aromatic carbocycles. The van der Waals surface area contributed by atoms with Crippen LogP contribution in [-0.4, -0.2) is 22.6 Å². The summed E-state index contributed by atoms with van der Waals surface area (Å²) in [6, 6.07) is 11.3. The van der Waals surface area contributed by atoms with E-state index in [1.807, 2.05) is 19.1 Å². The van der Waals surface area contributed by atoms with Gasteiger partial charge in [-0.2, -0.15) is 0 Å². The highest BCUT2D eigenvalue weighted by Gasteiger charge is 2.12. The number of rotatable bonds is 5. The Hall–Kier alpha value is -3.22. The number of halogens is 1. The van der Waals surface area contributed by atoms with Crippen molar-refractivity contribution in [2.75, 3.05) is 6.61 Å². The first-order valence-corrected chi connectivity index (χ1v) is 7.73. The number of ether oxygens (including phenoxy) is 1. The lowest BCUT2D eigenvalue weighted by Crippen LogP contribution is -2.07. The number of amides is 1. The largest absolute Gasteiger partial charge is 0.493 e. The molecule has 0 fully saturated rings. The summed E-state index contributed by atoms with van der Waals surface area (Å²) in [4.78, 5) is 14.4. The molecule has 6 nitrogen and oxygen atoms in total. The average molecular weight is 341 g/mol. The molecule has 0 saturated heterocycles. The van der Waals surface area contributed by atoms with Crippen LogP contribution in [0.1, 0.15) is 12.5 Å². The van der Waals surface area contributed by atoms with Gasteiger partial charge in [-0.25, -0.2) is 4.39 Å². The van der Waals surface area contributed by atoms with Crippen LogP contribution in [0.4, 0.5) is 10.1 Å². The molecule has 128 valence electrons. The van der Waals surface area contributed by atoms with Gasteiger partial charge in [-0.15, -0.1) is 10.2 Å². The molecule has 0 radical (unpaired) electrons. The maximum Gasteiger partial charge on any atom is 0.302 e. The second-order valence-corrected chi connectivity index (χ2v) is 5.39. The van der Waals surface area contributed by atoms with Crippen molar-refractivity contribution in [3.63, 3.8) is 0 Å². The third-order valence-electron chi connectivity index (χ3n) is 3.67. The van der Waals surface area contributed by atoms with Crippen molar-refractivity contribution < 1.29 is 19.0 Å². The van der Waals surface area contributed by atoms with Gasteiger partial charge in [-0.3, -0.25) is 4.79 Å². The first-order chi connectivity index (χ1) is 12.1. The van der Waals surface area contributed by atoms with Crippen molar-refractivity contribution in [3.05, 3.63) is 53.8 Å². The zero-order chi connectivity index (χ0) is 17.8. The molecule has 25 heavy (non-hydrogen) atoms. The zero-order valence-corrected chi connectivity index (χ0v) is 13.5. The van der Waals surface area contributed by atoms with Crippen LogP contribution in [0, 0.1) is 5.82 Å². The molecule has 0 aliphatic rings. The summed E-state index contributed by atoms with van der Waals surface area (Å²) in [5.74, 6) is -0.830. The molecular formula is C18H16FN3O3. The molecule has 0 saturated carbocycles. The Morgan fingerprint density at radius 2 is 2.00 bits per heavy atom. The van der Waals surface area contributed by atoms with Gasteiger partial charge in [0, 0.05) is 5.39 Å². The molecule has 0 bridgehead atoms. The molecule has 3 rings (SSSR count). The fourth-order valence-corrected chi connectivity index (χ4v) is 2.34. The fourth-order valence-electron chi connectivity index (χ4n) is 2.34. The van der Waals surface area contributed by atoms with Crippen molar-refractivity contribution in [3.8, 4) is 11.6 Å². The minimum absolute atomic E-state index is 0.00940. The highest BCUT2D eigenvalue weighted by molar-refractivity contribution is 5.94. The van der Waals surface area contributed by atoms with E-state index in [0.29, 0.717) is 16.7 Å². The maximum atomic E-state index is 13.3. The van der Waals surface area contributed by atoms with Crippen LogP contribution < -0.4 is 4.74 Å². The number of carbonyl (C=O) groups is 1. The van der Waals surface area contributed by atoms with E-state index in [4.69, 9.17) is 4.74 Å². The van der Waals surface area contributed by atoms with Crippen LogP contribution in [0.5, 0.6) is 11.6 Å². The monoisotopic (exact) mass is 341 g/mol. The van der Waals surface area contributed by atoms with E-state index >= 15 is 0 Å². The van der Waals surface area contributed by atoms with Crippen molar-refractivity contribution in [2.45, 2.75) is 13.3 Å². The molecule has 2 N–H and O–H groups in total. The number of nitrogens with zero attached hydrogens (tertiary/aromatic N) is 2. The highest BCUT2D eigenvalue weighted by atomic mass is 19.1. The molecule has 7 heteroatoms. The molecule has 3 aromatic rings. The molecular weight excluding hydrogens is 325 g/mol. The summed E-state index contributed by atoms with van der Waals surface area (Å²) in [7, 11) is 0. The number of hydrogen-bond acceptors (Lipinski definition) is 4. The molecule has 0 aliphatic carbocycles. The van der Waals surface area contributed by atoms with Gasteiger partial charge in [0.05, 0.1) is 5.52 Å². The van der Waals surface area contributed by atoms with Gasteiger partial charge < -0.3 is 14.8 Å². The van der Waals surface area contributed by atoms with Gasteiger partial charge in [-0.1, -0.05) is 19.1 Å². The molecule has 0 aliphatic heterocycles. The van der Waals surface area contributed by atoms with E-state index < -0.39 is 11.7 Å². The second kappa shape index (κ2) is 7.12. The number of H-pyrrole nitrogens is 1. The van der Waals surface area contributed by atoms with E-state index in [0.717, 1.165) is 6.42 Å². The van der Waals surface area contributed by atoms with E-state index in [-0.39, 0.29) is 18.2 Å². The first kappa shape index (κ1) is 16.6. The second-order valence-electron chi connectivity index (χ2n) is 5.39. The summed E-state index contributed by atoms with van der Waals surface area (Å²) in [6.07, 6.45) is 0.919. The highest BCUT2D eigenvalue weighted by Crippen LogP contribution is 2.35. The minimum atomic E-state index is -0.621. The molecule has 1 aromatic heterocycles. The number of azo groups is 1. The molecule has 0 unspecified atom stereocenters. The number of hydrogen-bond donors (Lipinski definition) is 2. The average Bonchev–Trinajstić information content (AvgIpc) is 2.93. The Morgan fingerprint density at radius 1 is 1.24 bits per heavy atom. The Balaban J connectivity index is 1.68. The number of aromatic nitrogens is 1. The van der Waals surface area contributed by atoms with Crippen molar-refractivity contribution in [1.82, 2.24) is 4.98 Å². The summed E-state index contributed by atoms with van der Waals surface area (Å²) < 4.78 is 18.7. The topological polar surface area (TPSA) is 87.0 Å². The molecule has 0 spiro atoms. The number of aromatic amines is 1. The van der Waals surface area contributed by atoms with Crippen molar-refractivity contribution in [1.29, 1.82) is 0 Å². The Bertz CT molecular complexity index is 933. The van der Waals surface area contributed by atoms with Crippen LogP contribution in [-0.2, 0) is 11.2 Å². The predicted molar refractivity (Wildman–Crippen MR) is 90.8 cm³/mol. The smallest absolute Gasteiger partial charge is 0.302 e. The number of nitrogens with one attached hydrogen (secondary N) is 1. The van der Waals surface area contributed by atoms with Gasteiger partial charge in [0.25, 0.3) is 0 Å². The quantitative estimate of drug-likeness (QED) is 0.680. The lowest BCUT2D eigenvalue weighted by molar-refractivity contribution is -0.120. The summed E-state index contributed by atoms with van der Waals surface area (Å²) in [5, 5.41) is 17.4. The van der Waals surface area contributed by atoms with E-state index in [9.17, 15) is 14.3 Å². The predicted octanol–water partition coefficient (Wildman–Crippen LogP) is 4.26. The Labute approximate surface area is 143 Å². The van der Waals surface area contributed by atoms with Crippen LogP contribution >= 0.6 is 0 Å². The number of fused-ring (bicyclic) bond motifs is 1. The van der Waals surface area contributed by atoms with Crippen LogP contribution in [0.3, 0.4) is 0 Å². The van der Waals surface area contributed by atoms with Crippen LogP contribution in [0.15, 0.2) is 52.7 Å². The SMILES string of the molecule is CCc1ccc(OCC(=O)N=Nc2c(O)[nH]c3ccc(F)cc23)cc1. The standard InChI is InChI=1S/C18H16FN3O3/c1-2-11-3-6-13(7-4-11)25-10-16(23)21-22-17-14-9-12(19)5-8-15(14)20-18(17)24/h3-9,20,24H,2,10H2,1H3. The third kappa shape index (κ3) is 3.82. The number of carbonyl (C=O) groups excluding carboxylic acids is 1. The van der Waals surface area contributed by atoms with Gasteiger partial charge in [0.2, 0.25) is 5.88 Å². The molecule has 0 atom stereocenters. The first-order valence-electron chi connectivity index (χ1n) is 7.73. The maximum absolute atomic E-state index is 13.3. The van der Waals surface area contributed by atoms with E-state index in [1.165, 1.54) is 23.8 Å². The van der Waals surface area contributed by atoms with Gasteiger partial charge in [0.15, 0.2) is 12.3 Å².